The Morgan fingerprint density at radius 2 is 1.77 bits per heavy atom. The zero-order valence-corrected chi connectivity index (χ0v) is 16.4. The van der Waals surface area contributed by atoms with Crippen LogP contribution in [-0.4, -0.2) is 30.5 Å². The minimum atomic E-state index is -4.53. The van der Waals surface area contributed by atoms with Gasteiger partial charge in [-0.25, -0.2) is 4.39 Å². The fourth-order valence-corrected chi connectivity index (χ4v) is 3.30. The van der Waals surface area contributed by atoms with Gasteiger partial charge in [0.25, 0.3) is 5.91 Å². The molecule has 1 aromatic heterocycles. The number of carbonyl (C=O) groups is 2. The van der Waals surface area contributed by atoms with Crippen molar-refractivity contribution in [2.45, 2.75) is 19.5 Å². The summed E-state index contributed by atoms with van der Waals surface area (Å²) in [6.07, 6.45) is -4.60. The molecule has 3 aromatic rings. The predicted molar refractivity (Wildman–Crippen MR) is 102 cm³/mol. The van der Waals surface area contributed by atoms with Gasteiger partial charge in [0, 0.05) is 29.8 Å². The van der Waals surface area contributed by atoms with Gasteiger partial charge in [0.15, 0.2) is 11.6 Å². The Labute approximate surface area is 169 Å². The maximum atomic E-state index is 14.4. The number of benzene rings is 2. The van der Waals surface area contributed by atoms with Crippen LogP contribution in [0.25, 0.3) is 10.9 Å². The molecule has 0 atom stereocenters. The Balaban J connectivity index is 2.19. The molecule has 0 aliphatic rings. The van der Waals surface area contributed by atoms with Crippen molar-refractivity contribution in [3.63, 3.8) is 0 Å². The van der Waals surface area contributed by atoms with E-state index in [1.165, 1.54) is 24.8 Å². The van der Waals surface area contributed by atoms with E-state index in [-0.39, 0.29) is 29.2 Å². The topological polar surface area (TPSA) is 60.3 Å². The molecule has 5 nitrogen and oxygen atoms in total. The standard InChI is InChI=1S/C21H18F4N2O3/c1-11-14(9-19(28)26-2)15-8-18(30-3)16(22)10-17(15)27(11)20(29)12-4-6-13(7-5-12)21(23,24)25/h4-8,10H,9H2,1-3H3,(H,26,28). The summed E-state index contributed by atoms with van der Waals surface area (Å²) in [6.45, 7) is 1.59. The monoisotopic (exact) mass is 422 g/mol. The van der Waals surface area contributed by atoms with Crippen molar-refractivity contribution in [1.29, 1.82) is 0 Å². The van der Waals surface area contributed by atoms with Crippen molar-refractivity contribution < 1.29 is 31.9 Å². The quantitative estimate of drug-likeness (QED) is 0.645. The molecule has 1 heterocycles. The average Bonchev–Trinajstić information content (AvgIpc) is 2.96. The molecule has 0 saturated heterocycles. The molecule has 1 amide bonds. The number of rotatable bonds is 4. The zero-order valence-electron chi connectivity index (χ0n) is 16.4. The number of ether oxygens (including phenoxy) is 1. The molecule has 2 aromatic carbocycles. The van der Waals surface area contributed by atoms with E-state index >= 15 is 0 Å². The first-order valence-electron chi connectivity index (χ1n) is 8.88. The summed E-state index contributed by atoms with van der Waals surface area (Å²) in [7, 11) is 2.75. The van der Waals surface area contributed by atoms with Gasteiger partial charge in [0.05, 0.1) is 24.6 Å². The largest absolute Gasteiger partial charge is 0.494 e. The van der Waals surface area contributed by atoms with Crippen LogP contribution in [0.4, 0.5) is 17.6 Å². The normalized spacial score (nSPS) is 11.6. The molecule has 0 bridgehead atoms. The van der Waals surface area contributed by atoms with Crippen molar-refractivity contribution in [2.75, 3.05) is 14.2 Å². The molecular weight excluding hydrogens is 404 g/mol. The van der Waals surface area contributed by atoms with E-state index in [4.69, 9.17) is 4.74 Å². The number of likely N-dealkylation sites (N-methyl/N-ethyl adjacent to an activating group) is 1. The second kappa shape index (κ2) is 7.81. The van der Waals surface area contributed by atoms with Gasteiger partial charge in [-0.1, -0.05) is 0 Å². The second-order valence-corrected chi connectivity index (χ2v) is 6.63. The molecule has 0 saturated carbocycles. The van der Waals surface area contributed by atoms with Crippen LogP contribution in [0.15, 0.2) is 36.4 Å². The number of fused-ring (bicyclic) bond motifs is 1. The maximum absolute atomic E-state index is 14.4. The number of hydrogen-bond acceptors (Lipinski definition) is 3. The maximum Gasteiger partial charge on any atom is 0.416 e. The first-order chi connectivity index (χ1) is 14.1. The number of aromatic nitrogens is 1. The van der Waals surface area contributed by atoms with Gasteiger partial charge in [-0.15, -0.1) is 0 Å². The van der Waals surface area contributed by atoms with E-state index in [0.717, 1.165) is 30.3 Å². The number of hydrogen-bond donors (Lipinski definition) is 1. The summed E-state index contributed by atoms with van der Waals surface area (Å²) in [5.41, 5.74) is 0.165. The Hall–Kier alpha value is -3.36. The van der Waals surface area contributed by atoms with Crippen LogP contribution in [-0.2, 0) is 17.4 Å². The number of alkyl halides is 3. The summed E-state index contributed by atoms with van der Waals surface area (Å²) in [6, 6.07) is 6.25. The number of amides is 1. The summed E-state index contributed by atoms with van der Waals surface area (Å²) < 4.78 is 59.0. The van der Waals surface area contributed by atoms with Crippen LogP contribution in [0.3, 0.4) is 0 Å². The average molecular weight is 422 g/mol. The van der Waals surface area contributed by atoms with Gasteiger partial charge in [0.1, 0.15) is 0 Å². The van der Waals surface area contributed by atoms with Crippen LogP contribution in [0, 0.1) is 12.7 Å². The second-order valence-electron chi connectivity index (χ2n) is 6.63. The Morgan fingerprint density at radius 3 is 2.30 bits per heavy atom. The smallest absolute Gasteiger partial charge is 0.416 e. The van der Waals surface area contributed by atoms with Crippen LogP contribution in [0.1, 0.15) is 27.2 Å². The lowest BCUT2D eigenvalue weighted by Gasteiger charge is -2.10. The van der Waals surface area contributed by atoms with E-state index < -0.39 is 23.5 Å². The first-order valence-corrected chi connectivity index (χ1v) is 8.88. The van der Waals surface area contributed by atoms with Gasteiger partial charge in [0.2, 0.25) is 5.91 Å². The molecule has 0 aliphatic carbocycles. The van der Waals surface area contributed by atoms with E-state index in [1.54, 1.807) is 6.92 Å². The van der Waals surface area contributed by atoms with Gasteiger partial charge >= 0.3 is 6.18 Å². The molecule has 3 rings (SSSR count). The minimum Gasteiger partial charge on any atom is -0.494 e. The van der Waals surface area contributed by atoms with Crippen LogP contribution >= 0.6 is 0 Å². The minimum absolute atomic E-state index is 0.00859. The molecule has 0 spiro atoms. The lowest BCUT2D eigenvalue weighted by molar-refractivity contribution is -0.137. The number of nitrogens with one attached hydrogen (secondary N) is 1. The highest BCUT2D eigenvalue weighted by atomic mass is 19.4. The number of halogens is 4. The SMILES string of the molecule is CNC(=O)Cc1c(C)n(C(=O)c2ccc(C(F)(F)F)cc2)c2cc(F)c(OC)cc12. The van der Waals surface area contributed by atoms with Crippen molar-refractivity contribution >= 4 is 22.7 Å². The van der Waals surface area contributed by atoms with Gasteiger partial charge in [-0.3, -0.25) is 14.2 Å². The van der Waals surface area contributed by atoms with Gasteiger partial charge in [-0.05, 0) is 42.8 Å². The molecular formula is C21H18F4N2O3. The fourth-order valence-electron chi connectivity index (χ4n) is 3.30. The molecule has 1 N–H and O–H groups in total. The number of methoxy groups -OCH3 is 1. The molecule has 0 fully saturated rings. The fraction of sp³-hybridized carbons (Fsp3) is 0.238. The van der Waals surface area contributed by atoms with Crippen LogP contribution < -0.4 is 10.1 Å². The highest BCUT2D eigenvalue weighted by Crippen LogP contribution is 2.33. The number of nitrogens with zero attached hydrogens (tertiary/aromatic N) is 1. The van der Waals surface area contributed by atoms with Gasteiger partial charge in [-0.2, -0.15) is 13.2 Å². The molecule has 158 valence electrons. The van der Waals surface area contributed by atoms with E-state index in [0.29, 0.717) is 16.6 Å². The predicted octanol–water partition coefficient (Wildman–Crippen LogP) is 4.09. The summed E-state index contributed by atoms with van der Waals surface area (Å²) in [5, 5.41) is 2.93. The lowest BCUT2D eigenvalue weighted by atomic mass is 10.1. The Bertz CT molecular complexity index is 1130. The van der Waals surface area contributed by atoms with Crippen LogP contribution in [0.2, 0.25) is 0 Å². The van der Waals surface area contributed by atoms with Crippen molar-refractivity contribution in [2.24, 2.45) is 0 Å². The summed E-state index contributed by atoms with van der Waals surface area (Å²) in [4.78, 5) is 25.1. The van der Waals surface area contributed by atoms with Gasteiger partial charge < -0.3 is 10.1 Å². The molecule has 0 unspecified atom stereocenters. The van der Waals surface area contributed by atoms with E-state index in [9.17, 15) is 27.2 Å². The third kappa shape index (κ3) is 3.74. The Kier molecular flexibility index (Phi) is 5.56. The highest BCUT2D eigenvalue weighted by molar-refractivity contribution is 6.05. The van der Waals surface area contributed by atoms with Crippen molar-refractivity contribution in [1.82, 2.24) is 9.88 Å². The van der Waals surface area contributed by atoms with E-state index in [1.807, 2.05) is 0 Å². The van der Waals surface area contributed by atoms with Crippen molar-refractivity contribution in [3.05, 3.63) is 64.6 Å². The third-order valence-corrected chi connectivity index (χ3v) is 4.89. The molecule has 9 heteroatoms. The highest BCUT2D eigenvalue weighted by Gasteiger charge is 2.30. The number of carbonyl (C=O) groups excluding carboxylic acids is 2. The Morgan fingerprint density at radius 1 is 1.13 bits per heavy atom. The van der Waals surface area contributed by atoms with E-state index in [2.05, 4.69) is 5.32 Å². The van der Waals surface area contributed by atoms with Crippen LogP contribution in [0.5, 0.6) is 5.75 Å². The summed E-state index contributed by atoms with van der Waals surface area (Å²) >= 11 is 0. The summed E-state index contributed by atoms with van der Waals surface area (Å²) in [5.74, 6) is -1.73. The third-order valence-electron chi connectivity index (χ3n) is 4.89. The first kappa shape index (κ1) is 21.4. The zero-order chi connectivity index (χ0) is 22.2. The van der Waals surface area contributed by atoms with Crippen molar-refractivity contribution in [3.8, 4) is 5.75 Å². The molecule has 30 heavy (non-hydrogen) atoms. The molecule has 0 aliphatic heterocycles. The lowest BCUT2D eigenvalue weighted by Crippen LogP contribution is -2.20. The molecule has 0 radical (unpaired) electrons.